The second-order valence-corrected chi connectivity index (χ2v) is 6.01. The van der Waals surface area contributed by atoms with Gasteiger partial charge in [-0.05, 0) is 49.9 Å². The van der Waals surface area contributed by atoms with Crippen molar-refractivity contribution in [2.75, 3.05) is 13.2 Å². The van der Waals surface area contributed by atoms with Crippen LogP contribution in [0.1, 0.15) is 32.6 Å². The number of ether oxygens (including phenoxy) is 1. The fourth-order valence-electron chi connectivity index (χ4n) is 2.61. The summed E-state index contributed by atoms with van der Waals surface area (Å²) in [6, 6.07) is 8.61. The van der Waals surface area contributed by atoms with Crippen LogP contribution >= 0.6 is 15.9 Å². The van der Waals surface area contributed by atoms with Crippen LogP contribution in [0.4, 0.5) is 0 Å². The Bertz CT molecular complexity index is 346. The number of rotatable bonds is 6. The van der Waals surface area contributed by atoms with E-state index < -0.39 is 0 Å². The Morgan fingerprint density at radius 1 is 1.28 bits per heavy atom. The predicted octanol–water partition coefficient (Wildman–Crippen LogP) is 4.00. The summed E-state index contributed by atoms with van der Waals surface area (Å²) in [5, 5.41) is 3.57. The summed E-state index contributed by atoms with van der Waals surface area (Å²) in [7, 11) is 0. The average molecular weight is 312 g/mol. The molecule has 0 heterocycles. The molecule has 2 rings (SSSR count). The number of halogens is 1. The molecular formula is C15H22BrNO. The van der Waals surface area contributed by atoms with Gasteiger partial charge in [-0.25, -0.2) is 0 Å². The Kier molecular flexibility index (Phi) is 5.51. The summed E-state index contributed by atoms with van der Waals surface area (Å²) in [6.45, 7) is 3.96. The second kappa shape index (κ2) is 7.15. The number of hydrogen-bond donors (Lipinski definition) is 1. The van der Waals surface area contributed by atoms with E-state index in [1.807, 2.05) is 24.3 Å². The quantitative estimate of drug-likeness (QED) is 0.802. The van der Waals surface area contributed by atoms with Crippen molar-refractivity contribution in [3.63, 3.8) is 0 Å². The summed E-state index contributed by atoms with van der Waals surface area (Å²) in [4.78, 5) is 0. The van der Waals surface area contributed by atoms with Crippen LogP contribution in [0.3, 0.4) is 0 Å². The van der Waals surface area contributed by atoms with E-state index >= 15 is 0 Å². The molecule has 0 unspecified atom stereocenters. The fraction of sp³-hybridized carbons (Fsp3) is 0.600. The maximum absolute atomic E-state index is 5.69. The van der Waals surface area contributed by atoms with Crippen LogP contribution in [0.25, 0.3) is 0 Å². The molecule has 1 aliphatic carbocycles. The van der Waals surface area contributed by atoms with E-state index in [1.165, 1.54) is 25.7 Å². The Balaban J connectivity index is 1.62. The molecule has 2 nitrogen and oxygen atoms in total. The van der Waals surface area contributed by atoms with Gasteiger partial charge in [-0.15, -0.1) is 0 Å². The monoisotopic (exact) mass is 311 g/mol. The Labute approximate surface area is 118 Å². The van der Waals surface area contributed by atoms with Crippen molar-refractivity contribution in [1.82, 2.24) is 5.32 Å². The third-order valence-corrected chi connectivity index (χ3v) is 4.29. The first-order valence-corrected chi connectivity index (χ1v) is 7.67. The third kappa shape index (κ3) is 4.29. The molecule has 1 saturated carbocycles. The summed E-state index contributed by atoms with van der Waals surface area (Å²) in [5.41, 5.74) is 0. The number of nitrogens with one attached hydrogen (secondary N) is 1. The summed E-state index contributed by atoms with van der Waals surface area (Å²) in [5.74, 6) is 1.81. The highest BCUT2D eigenvalue weighted by Crippen LogP contribution is 2.27. The van der Waals surface area contributed by atoms with Gasteiger partial charge in [0, 0.05) is 17.1 Å². The molecule has 1 atom stereocenters. The minimum atomic E-state index is 0.626. The molecule has 0 spiro atoms. The van der Waals surface area contributed by atoms with Crippen LogP contribution in [0.5, 0.6) is 5.75 Å². The normalized spacial score (nSPS) is 17.9. The molecule has 0 amide bonds. The van der Waals surface area contributed by atoms with E-state index in [2.05, 4.69) is 28.2 Å². The Morgan fingerprint density at radius 2 is 1.94 bits per heavy atom. The summed E-state index contributed by atoms with van der Waals surface area (Å²) < 4.78 is 6.78. The van der Waals surface area contributed by atoms with E-state index in [1.54, 1.807) is 0 Å². The van der Waals surface area contributed by atoms with Gasteiger partial charge in [0.05, 0.1) is 0 Å². The summed E-state index contributed by atoms with van der Waals surface area (Å²) >= 11 is 3.42. The van der Waals surface area contributed by atoms with Crippen molar-refractivity contribution in [3.8, 4) is 5.75 Å². The standard InChI is InChI=1S/C15H22BrNO/c1-12(13-4-2-3-5-13)17-10-11-18-15-8-6-14(16)7-9-15/h6-9,12-13,17H,2-5,10-11H2,1H3/t12-/m1/s1. The van der Waals surface area contributed by atoms with Crippen LogP contribution in [-0.2, 0) is 0 Å². The lowest BCUT2D eigenvalue weighted by molar-refractivity contribution is 0.290. The van der Waals surface area contributed by atoms with Crippen LogP contribution in [0.2, 0.25) is 0 Å². The lowest BCUT2D eigenvalue weighted by Crippen LogP contribution is -2.35. The van der Waals surface area contributed by atoms with E-state index in [-0.39, 0.29) is 0 Å². The molecule has 1 fully saturated rings. The van der Waals surface area contributed by atoms with Gasteiger partial charge in [-0.2, -0.15) is 0 Å². The summed E-state index contributed by atoms with van der Waals surface area (Å²) in [6.07, 6.45) is 5.60. The maximum atomic E-state index is 5.69. The zero-order chi connectivity index (χ0) is 12.8. The molecule has 0 bridgehead atoms. The minimum absolute atomic E-state index is 0.626. The van der Waals surface area contributed by atoms with Crippen molar-refractivity contribution in [1.29, 1.82) is 0 Å². The topological polar surface area (TPSA) is 21.3 Å². The largest absolute Gasteiger partial charge is 0.492 e. The van der Waals surface area contributed by atoms with Crippen LogP contribution in [-0.4, -0.2) is 19.2 Å². The van der Waals surface area contributed by atoms with Gasteiger partial charge in [0.2, 0.25) is 0 Å². The smallest absolute Gasteiger partial charge is 0.119 e. The number of hydrogen-bond acceptors (Lipinski definition) is 2. The van der Waals surface area contributed by atoms with Crippen molar-refractivity contribution in [2.45, 2.75) is 38.6 Å². The van der Waals surface area contributed by atoms with Gasteiger partial charge in [-0.1, -0.05) is 28.8 Å². The van der Waals surface area contributed by atoms with Gasteiger partial charge >= 0.3 is 0 Å². The van der Waals surface area contributed by atoms with E-state index in [0.717, 1.165) is 29.3 Å². The van der Waals surface area contributed by atoms with Gasteiger partial charge in [0.15, 0.2) is 0 Å². The van der Waals surface area contributed by atoms with Gasteiger partial charge < -0.3 is 10.1 Å². The molecular weight excluding hydrogens is 290 g/mol. The first-order chi connectivity index (χ1) is 8.75. The zero-order valence-corrected chi connectivity index (χ0v) is 12.6. The third-order valence-electron chi connectivity index (χ3n) is 3.76. The number of benzene rings is 1. The average Bonchev–Trinajstić information content (AvgIpc) is 2.90. The molecule has 0 aromatic heterocycles. The molecule has 1 aromatic rings. The molecule has 0 aliphatic heterocycles. The minimum Gasteiger partial charge on any atom is -0.492 e. The van der Waals surface area contributed by atoms with Crippen LogP contribution in [0.15, 0.2) is 28.7 Å². The Morgan fingerprint density at radius 3 is 2.61 bits per heavy atom. The maximum Gasteiger partial charge on any atom is 0.119 e. The molecule has 1 aliphatic rings. The fourth-order valence-corrected chi connectivity index (χ4v) is 2.87. The lowest BCUT2D eigenvalue weighted by atomic mass is 10.00. The highest BCUT2D eigenvalue weighted by Gasteiger charge is 2.20. The zero-order valence-electron chi connectivity index (χ0n) is 11.0. The van der Waals surface area contributed by atoms with Crippen molar-refractivity contribution in [2.24, 2.45) is 5.92 Å². The second-order valence-electron chi connectivity index (χ2n) is 5.09. The lowest BCUT2D eigenvalue weighted by Gasteiger charge is -2.20. The molecule has 3 heteroatoms. The molecule has 1 N–H and O–H groups in total. The first-order valence-electron chi connectivity index (χ1n) is 6.87. The SMILES string of the molecule is C[C@@H](NCCOc1ccc(Br)cc1)C1CCCC1. The van der Waals surface area contributed by atoms with Crippen molar-refractivity contribution >= 4 is 15.9 Å². The van der Waals surface area contributed by atoms with Gasteiger partial charge in [0.25, 0.3) is 0 Å². The molecule has 0 radical (unpaired) electrons. The first kappa shape index (κ1) is 13.9. The van der Waals surface area contributed by atoms with E-state index in [9.17, 15) is 0 Å². The van der Waals surface area contributed by atoms with Crippen molar-refractivity contribution in [3.05, 3.63) is 28.7 Å². The molecule has 1 aromatic carbocycles. The van der Waals surface area contributed by atoms with Crippen LogP contribution in [0, 0.1) is 5.92 Å². The van der Waals surface area contributed by atoms with E-state index in [0.29, 0.717) is 6.04 Å². The molecule has 100 valence electrons. The highest BCUT2D eigenvalue weighted by atomic mass is 79.9. The molecule has 18 heavy (non-hydrogen) atoms. The van der Waals surface area contributed by atoms with Gasteiger partial charge in [0.1, 0.15) is 12.4 Å². The molecule has 0 saturated heterocycles. The Hall–Kier alpha value is -0.540. The van der Waals surface area contributed by atoms with Crippen molar-refractivity contribution < 1.29 is 4.74 Å². The van der Waals surface area contributed by atoms with Gasteiger partial charge in [-0.3, -0.25) is 0 Å². The van der Waals surface area contributed by atoms with Crippen LogP contribution < -0.4 is 10.1 Å². The highest BCUT2D eigenvalue weighted by molar-refractivity contribution is 9.10. The van der Waals surface area contributed by atoms with E-state index in [4.69, 9.17) is 4.74 Å². The predicted molar refractivity (Wildman–Crippen MR) is 79.1 cm³/mol.